The predicted octanol–water partition coefficient (Wildman–Crippen LogP) is 3.80. The molecule has 0 aromatic heterocycles. The highest BCUT2D eigenvalue weighted by Crippen LogP contribution is 2.32. The van der Waals surface area contributed by atoms with Gasteiger partial charge in [0.25, 0.3) is 0 Å². The highest BCUT2D eigenvalue weighted by molar-refractivity contribution is 5.45. The summed E-state index contributed by atoms with van der Waals surface area (Å²) in [5.74, 6) is 1.50. The minimum atomic E-state index is 0.293. The molecule has 1 aliphatic rings. The van der Waals surface area contributed by atoms with Crippen LogP contribution >= 0.6 is 0 Å². The number of nitrogens with zero attached hydrogens (tertiary/aromatic N) is 1. The highest BCUT2D eigenvalue weighted by Gasteiger charge is 2.24. The summed E-state index contributed by atoms with van der Waals surface area (Å²) in [6.07, 6.45) is 5.25. The van der Waals surface area contributed by atoms with E-state index in [0.717, 1.165) is 18.7 Å². The lowest BCUT2D eigenvalue weighted by atomic mass is 10.1. The Morgan fingerprint density at radius 2 is 2.00 bits per heavy atom. The Morgan fingerprint density at radius 3 is 2.60 bits per heavy atom. The van der Waals surface area contributed by atoms with E-state index < -0.39 is 0 Å². The van der Waals surface area contributed by atoms with Gasteiger partial charge in [0.15, 0.2) is 11.5 Å². The van der Waals surface area contributed by atoms with Crippen LogP contribution in [0.5, 0.6) is 11.5 Å². The number of ether oxygens (including phenoxy) is 1. The first-order valence-electron chi connectivity index (χ1n) is 7.70. The molecule has 0 aliphatic heterocycles. The van der Waals surface area contributed by atoms with Crippen LogP contribution in [-0.4, -0.2) is 29.7 Å². The van der Waals surface area contributed by atoms with E-state index in [1.165, 1.54) is 25.7 Å². The minimum absolute atomic E-state index is 0.293. The molecule has 0 amide bonds. The Kier molecular flexibility index (Phi) is 5.30. The standard InChI is InChI=1S/C17H27NO2/c1-13(2)11-18(15-8-4-5-9-15)12-14-7-6-10-16(20-3)17(14)19/h6-7,10,13,15,19H,4-5,8-9,11-12H2,1-3H3. The molecule has 1 aromatic rings. The fraction of sp³-hybridized carbons (Fsp3) is 0.647. The lowest BCUT2D eigenvalue weighted by Gasteiger charge is -2.30. The van der Waals surface area contributed by atoms with Gasteiger partial charge in [0.2, 0.25) is 0 Å². The largest absolute Gasteiger partial charge is 0.504 e. The number of hydrogen-bond acceptors (Lipinski definition) is 3. The van der Waals surface area contributed by atoms with Gasteiger partial charge in [-0.05, 0) is 24.8 Å². The first-order chi connectivity index (χ1) is 9.61. The molecule has 1 aliphatic carbocycles. The summed E-state index contributed by atoms with van der Waals surface area (Å²) < 4.78 is 5.21. The van der Waals surface area contributed by atoms with E-state index in [1.54, 1.807) is 13.2 Å². The Morgan fingerprint density at radius 1 is 1.30 bits per heavy atom. The van der Waals surface area contributed by atoms with Crippen molar-refractivity contribution in [2.24, 2.45) is 5.92 Å². The first-order valence-corrected chi connectivity index (χ1v) is 7.70. The molecule has 20 heavy (non-hydrogen) atoms. The zero-order chi connectivity index (χ0) is 14.5. The van der Waals surface area contributed by atoms with Gasteiger partial charge in [-0.15, -0.1) is 0 Å². The smallest absolute Gasteiger partial charge is 0.162 e. The SMILES string of the molecule is COc1cccc(CN(CC(C)C)C2CCCC2)c1O. The van der Waals surface area contributed by atoms with Crippen molar-refractivity contribution in [2.45, 2.75) is 52.1 Å². The molecule has 1 N–H and O–H groups in total. The molecule has 0 radical (unpaired) electrons. The van der Waals surface area contributed by atoms with Crippen LogP contribution in [0, 0.1) is 5.92 Å². The van der Waals surface area contributed by atoms with Crippen molar-refractivity contribution in [3.05, 3.63) is 23.8 Å². The van der Waals surface area contributed by atoms with Crippen molar-refractivity contribution in [2.75, 3.05) is 13.7 Å². The molecule has 0 bridgehead atoms. The number of aromatic hydroxyl groups is 1. The van der Waals surface area contributed by atoms with Crippen molar-refractivity contribution in [3.63, 3.8) is 0 Å². The fourth-order valence-corrected chi connectivity index (χ4v) is 3.16. The molecule has 1 fully saturated rings. The molecular weight excluding hydrogens is 250 g/mol. The Labute approximate surface area is 122 Å². The van der Waals surface area contributed by atoms with Gasteiger partial charge in [-0.25, -0.2) is 0 Å². The second-order valence-electron chi connectivity index (χ2n) is 6.23. The molecule has 0 spiro atoms. The summed E-state index contributed by atoms with van der Waals surface area (Å²) in [6, 6.07) is 6.43. The van der Waals surface area contributed by atoms with Crippen molar-refractivity contribution in [3.8, 4) is 11.5 Å². The molecule has 0 unspecified atom stereocenters. The van der Waals surface area contributed by atoms with E-state index >= 15 is 0 Å². The molecule has 3 nitrogen and oxygen atoms in total. The van der Waals surface area contributed by atoms with Gasteiger partial charge in [0, 0.05) is 24.7 Å². The summed E-state index contributed by atoms with van der Waals surface area (Å²) in [7, 11) is 1.60. The van der Waals surface area contributed by atoms with E-state index in [2.05, 4.69) is 18.7 Å². The molecule has 112 valence electrons. The van der Waals surface area contributed by atoms with Crippen molar-refractivity contribution < 1.29 is 9.84 Å². The number of benzene rings is 1. The van der Waals surface area contributed by atoms with Crippen LogP contribution < -0.4 is 4.74 Å². The van der Waals surface area contributed by atoms with Gasteiger partial charge in [-0.3, -0.25) is 4.90 Å². The summed E-state index contributed by atoms with van der Waals surface area (Å²) in [5.41, 5.74) is 0.969. The molecule has 0 saturated heterocycles. The lowest BCUT2D eigenvalue weighted by molar-refractivity contribution is 0.166. The summed E-state index contributed by atoms with van der Waals surface area (Å²) in [5, 5.41) is 10.3. The Balaban J connectivity index is 2.14. The van der Waals surface area contributed by atoms with E-state index in [9.17, 15) is 5.11 Å². The number of methoxy groups -OCH3 is 1. The monoisotopic (exact) mass is 277 g/mol. The second kappa shape index (κ2) is 6.98. The molecule has 0 atom stereocenters. The number of phenols is 1. The third kappa shape index (κ3) is 3.66. The van der Waals surface area contributed by atoms with Crippen LogP contribution in [0.25, 0.3) is 0 Å². The maximum atomic E-state index is 10.3. The van der Waals surface area contributed by atoms with Crippen LogP contribution in [0.1, 0.15) is 45.1 Å². The molecule has 1 aromatic carbocycles. The number of phenolic OH excluding ortho intramolecular Hbond substituents is 1. The Hall–Kier alpha value is -1.22. The van der Waals surface area contributed by atoms with Gasteiger partial charge in [-0.1, -0.05) is 38.8 Å². The molecule has 1 saturated carbocycles. The summed E-state index contributed by atoms with van der Waals surface area (Å²) >= 11 is 0. The van der Waals surface area contributed by atoms with Gasteiger partial charge in [-0.2, -0.15) is 0 Å². The fourth-order valence-electron chi connectivity index (χ4n) is 3.16. The topological polar surface area (TPSA) is 32.7 Å². The Bertz CT molecular complexity index is 425. The number of rotatable bonds is 6. The number of para-hydroxylation sites is 1. The summed E-state index contributed by atoms with van der Waals surface area (Å²) in [6.45, 7) is 6.41. The molecule has 3 heteroatoms. The normalized spacial score (nSPS) is 16.2. The van der Waals surface area contributed by atoms with Gasteiger partial charge < -0.3 is 9.84 Å². The van der Waals surface area contributed by atoms with Gasteiger partial charge in [0.05, 0.1) is 7.11 Å². The van der Waals surface area contributed by atoms with E-state index in [4.69, 9.17) is 4.74 Å². The third-order valence-corrected chi connectivity index (χ3v) is 4.12. The van der Waals surface area contributed by atoms with Crippen molar-refractivity contribution in [1.82, 2.24) is 4.90 Å². The zero-order valence-corrected chi connectivity index (χ0v) is 12.9. The maximum Gasteiger partial charge on any atom is 0.162 e. The molecule has 2 rings (SSSR count). The van der Waals surface area contributed by atoms with E-state index in [0.29, 0.717) is 23.5 Å². The third-order valence-electron chi connectivity index (χ3n) is 4.12. The molecular formula is C17H27NO2. The van der Waals surface area contributed by atoms with Crippen molar-refractivity contribution >= 4 is 0 Å². The average Bonchev–Trinajstić information content (AvgIpc) is 2.93. The van der Waals surface area contributed by atoms with E-state index in [-0.39, 0.29) is 0 Å². The zero-order valence-electron chi connectivity index (χ0n) is 12.9. The van der Waals surface area contributed by atoms with Crippen molar-refractivity contribution in [1.29, 1.82) is 0 Å². The average molecular weight is 277 g/mol. The lowest BCUT2D eigenvalue weighted by Crippen LogP contribution is -2.35. The minimum Gasteiger partial charge on any atom is -0.504 e. The predicted molar refractivity (Wildman–Crippen MR) is 82.2 cm³/mol. The summed E-state index contributed by atoms with van der Waals surface area (Å²) in [4.78, 5) is 2.53. The van der Waals surface area contributed by atoms with Crippen LogP contribution in [0.15, 0.2) is 18.2 Å². The van der Waals surface area contributed by atoms with Crippen LogP contribution in [0.3, 0.4) is 0 Å². The second-order valence-corrected chi connectivity index (χ2v) is 6.23. The van der Waals surface area contributed by atoms with Crippen LogP contribution in [-0.2, 0) is 6.54 Å². The van der Waals surface area contributed by atoms with Crippen LogP contribution in [0.2, 0.25) is 0 Å². The van der Waals surface area contributed by atoms with Crippen LogP contribution in [0.4, 0.5) is 0 Å². The van der Waals surface area contributed by atoms with E-state index in [1.807, 2.05) is 12.1 Å². The van der Waals surface area contributed by atoms with Gasteiger partial charge in [0.1, 0.15) is 0 Å². The quantitative estimate of drug-likeness (QED) is 0.858. The molecule has 0 heterocycles. The number of hydrogen-bond donors (Lipinski definition) is 1. The maximum absolute atomic E-state index is 10.3. The first kappa shape index (κ1) is 15.2. The highest BCUT2D eigenvalue weighted by atomic mass is 16.5. The van der Waals surface area contributed by atoms with Gasteiger partial charge >= 0.3 is 0 Å².